The first kappa shape index (κ1) is 21.2. The summed E-state index contributed by atoms with van der Waals surface area (Å²) < 4.78 is 11.9. The number of nitrogens with two attached hydrogens (primary N) is 1. The summed E-state index contributed by atoms with van der Waals surface area (Å²) >= 11 is 0. The molecule has 1 fully saturated rings. The zero-order valence-corrected chi connectivity index (χ0v) is 17.6. The Morgan fingerprint density at radius 3 is 2.59 bits per heavy atom. The molecular formula is C23H27ClN2O3. The van der Waals surface area contributed by atoms with Crippen molar-refractivity contribution in [3.8, 4) is 5.75 Å². The molecule has 1 aliphatic heterocycles. The van der Waals surface area contributed by atoms with Crippen LogP contribution in [0.3, 0.4) is 0 Å². The van der Waals surface area contributed by atoms with Crippen LogP contribution in [-0.2, 0) is 6.61 Å². The summed E-state index contributed by atoms with van der Waals surface area (Å²) in [6, 6.07) is 17.4. The fourth-order valence-corrected chi connectivity index (χ4v) is 3.78. The van der Waals surface area contributed by atoms with Gasteiger partial charge in [-0.25, -0.2) is 0 Å². The third kappa shape index (κ3) is 4.26. The summed E-state index contributed by atoms with van der Waals surface area (Å²) in [4.78, 5) is 15.2. The van der Waals surface area contributed by atoms with E-state index in [2.05, 4.69) is 13.8 Å². The van der Waals surface area contributed by atoms with Crippen LogP contribution in [0.4, 0.5) is 0 Å². The van der Waals surface area contributed by atoms with Crippen molar-refractivity contribution < 1.29 is 13.9 Å². The lowest BCUT2D eigenvalue weighted by Gasteiger charge is -2.42. The Morgan fingerprint density at radius 2 is 1.86 bits per heavy atom. The molecule has 2 N–H and O–H groups in total. The molecule has 154 valence electrons. The Bertz CT molecular complexity index is 984. The standard InChI is InChI=1S/C23H26N2O3.ClH/c1-23(2)15-25(13-12-20(23)24)22(26)21-18(14-27-16-8-4-3-5-9-16)17-10-6-7-11-19(17)28-21;/h3-11,20H,12-15,24H2,1-2H3;1H. The number of fused-ring (bicyclic) bond motifs is 1. The zero-order valence-electron chi connectivity index (χ0n) is 16.8. The van der Waals surface area contributed by atoms with Crippen molar-refractivity contribution in [2.45, 2.75) is 32.9 Å². The molecule has 1 amide bonds. The Kier molecular flexibility index (Phi) is 6.20. The minimum atomic E-state index is -0.124. The van der Waals surface area contributed by atoms with E-state index in [0.717, 1.165) is 23.1 Å². The Balaban J connectivity index is 0.00000240. The molecule has 4 rings (SSSR count). The smallest absolute Gasteiger partial charge is 0.290 e. The van der Waals surface area contributed by atoms with Gasteiger partial charge in [0.05, 0.1) is 0 Å². The number of benzene rings is 2. The number of rotatable bonds is 4. The number of likely N-dealkylation sites (tertiary alicyclic amines) is 1. The fraction of sp³-hybridized carbons (Fsp3) is 0.348. The zero-order chi connectivity index (χ0) is 19.7. The SMILES string of the molecule is CC1(C)CN(C(=O)c2oc3ccccc3c2COc2ccccc2)CCC1N.Cl. The lowest BCUT2D eigenvalue weighted by Crippen LogP contribution is -2.54. The molecule has 2 heterocycles. The largest absolute Gasteiger partial charge is 0.489 e. The second-order valence-corrected chi connectivity index (χ2v) is 8.12. The maximum atomic E-state index is 13.3. The molecule has 0 radical (unpaired) electrons. The van der Waals surface area contributed by atoms with Crippen LogP contribution < -0.4 is 10.5 Å². The van der Waals surface area contributed by atoms with Crippen molar-refractivity contribution in [3.63, 3.8) is 0 Å². The number of hydrogen-bond acceptors (Lipinski definition) is 4. The van der Waals surface area contributed by atoms with Crippen LogP contribution in [0, 0.1) is 5.41 Å². The molecule has 1 unspecified atom stereocenters. The van der Waals surface area contributed by atoms with Crippen LogP contribution >= 0.6 is 12.4 Å². The Labute approximate surface area is 177 Å². The van der Waals surface area contributed by atoms with Gasteiger partial charge in [0.2, 0.25) is 0 Å². The Morgan fingerprint density at radius 1 is 1.17 bits per heavy atom. The number of para-hydroxylation sites is 2. The van der Waals surface area contributed by atoms with Crippen LogP contribution in [0.25, 0.3) is 11.0 Å². The summed E-state index contributed by atoms with van der Waals surface area (Å²) in [6.07, 6.45) is 0.787. The van der Waals surface area contributed by atoms with Crippen molar-refractivity contribution in [1.82, 2.24) is 4.90 Å². The number of hydrogen-bond donors (Lipinski definition) is 1. The van der Waals surface area contributed by atoms with Crippen LogP contribution in [0.2, 0.25) is 0 Å². The first-order chi connectivity index (χ1) is 13.5. The van der Waals surface area contributed by atoms with Gasteiger partial charge in [-0.3, -0.25) is 4.79 Å². The molecule has 5 nitrogen and oxygen atoms in total. The monoisotopic (exact) mass is 414 g/mol. The van der Waals surface area contributed by atoms with E-state index in [1.807, 2.05) is 59.5 Å². The molecule has 0 aliphatic carbocycles. The molecule has 1 atom stereocenters. The molecule has 1 saturated heterocycles. The predicted octanol–water partition coefficient (Wildman–Crippen LogP) is 4.63. The van der Waals surface area contributed by atoms with Gasteiger partial charge in [0.25, 0.3) is 5.91 Å². The maximum absolute atomic E-state index is 13.3. The second-order valence-electron chi connectivity index (χ2n) is 8.12. The molecule has 0 saturated carbocycles. The highest BCUT2D eigenvalue weighted by molar-refractivity contribution is 5.99. The van der Waals surface area contributed by atoms with Crippen molar-refractivity contribution >= 4 is 29.3 Å². The summed E-state index contributed by atoms with van der Waals surface area (Å²) in [7, 11) is 0. The van der Waals surface area contributed by atoms with Crippen molar-refractivity contribution in [3.05, 3.63) is 65.9 Å². The highest BCUT2D eigenvalue weighted by Gasteiger charge is 2.37. The summed E-state index contributed by atoms with van der Waals surface area (Å²) in [6.45, 7) is 5.74. The van der Waals surface area contributed by atoms with E-state index in [9.17, 15) is 4.79 Å². The van der Waals surface area contributed by atoms with Crippen molar-refractivity contribution in [2.75, 3.05) is 13.1 Å². The van der Waals surface area contributed by atoms with Crippen LogP contribution in [0.1, 0.15) is 36.4 Å². The van der Waals surface area contributed by atoms with E-state index < -0.39 is 0 Å². The third-order valence-electron chi connectivity index (χ3n) is 5.62. The molecule has 29 heavy (non-hydrogen) atoms. The molecule has 1 aliphatic rings. The predicted molar refractivity (Wildman–Crippen MR) is 117 cm³/mol. The van der Waals surface area contributed by atoms with Crippen molar-refractivity contribution in [1.29, 1.82) is 0 Å². The highest BCUT2D eigenvalue weighted by atomic mass is 35.5. The number of piperidine rings is 1. The van der Waals surface area contributed by atoms with Gasteiger partial charge in [-0.1, -0.05) is 50.2 Å². The van der Waals surface area contributed by atoms with Gasteiger partial charge in [-0.2, -0.15) is 0 Å². The molecule has 2 aromatic carbocycles. The van der Waals surface area contributed by atoms with E-state index in [1.54, 1.807) is 0 Å². The normalized spacial score (nSPS) is 18.3. The molecule has 0 spiro atoms. The van der Waals surface area contributed by atoms with E-state index in [0.29, 0.717) is 24.4 Å². The second kappa shape index (κ2) is 8.47. The number of nitrogens with zero attached hydrogens (tertiary/aromatic N) is 1. The molecule has 1 aromatic heterocycles. The number of carbonyl (C=O) groups is 1. The molecule has 6 heteroatoms. The van der Waals surface area contributed by atoms with E-state index in [1.165, 1.54) is 0 Å². The van der Waals surface area contributed by atoms with Crippen LogP contribution in [0.15, 0.2) is 59.0 Å². The lowest BCUT2D eigenvalue weighted by molar-refractivity contribution is 0.0502. The van der Waals surface area contributed by atoms with Gasteiger partial charge in [0.1, 0.15) is 17.9 Å². The van der Waals surface area contributed by atoms with Gasteiger partial charge in [-0.05, 0) is 30.0 Å². The topological polar surface area (TPSA) is 68.7 Å². The van der Waals surface area contributed by atoms with Crippen LogP contribution in [0.5, 0.6) is 5.75 Å². The van der Waals surface area contributed by atoms with Gasteiger partial charge in [0, 0.05) is 30.1 Å². The number of furan rings is 1. The van der Waals surface area contributed by atoms with Gasteiger partial charge >= 0.3 is 0 Å². The summed E-state index contributed by atoms with van der Waals surface area (Å²) in [5.41, 5.74) is 7.60. The number of amides is 1. The highest BCUT2D eigenvalue weighted by Crippen LogP contribution is 2.32. The van der Waals surface area contributed by atoms with E-state index >= 15 is 0 Å². The van der Waals surface area contributed by atoms with E-state index in [-0.39, 0.29) is 36.4 Å². The Hall–Kier alpha value is -2.50. The van der Waals surface area contributed by atoms with Gasteiger partial charge in [0.15, 0.2) is 5.76 Å². The first-order valence-electron chi connectivity index (χ1n) is 9.69. The first-order valence-corrected chi connectivity index (χ1v) is 9.69. The summed E-state index contributed by atoms with van der Waals surface area (Å²) in [5.74, 6) is 1.03. The van der Waals surface area contributed by atoms with Gasteiger partial charge < -0.3 is 19.8 Å². The third-order valence-corrected chi connectivity index (χ3v) is 5.62. The fourth-order valence-electron chi connectivity index (χ4n) is 3.78. The molecular weight excluding hydrogens is 388 g/mol. The van der Waals surface area contributed by atoms with Crippen molar-refractivity contribution in [2.24, 2.45) is 11.1 Å². The number of carbonyl (C=O) groups excluding carboxylic acids is 1. The minimum absolute atomic E-state index is 0. The quantitative estimate of drug-likeness (QED) is 0.675. The average Bonchev–Trinajstić information content (AvgIpc) is 3.07. The average molecular weight is 415 g/mol. The van der Waals surface area contributed by atoms with Gasteiger partial charge in [-0.15, -0.1) is 12.4 Å². The summed E-state index contributed by atoms with van der Waals surface area (Å²) in [5, 5.41) is 0.912. The van der Waals surface area contributed by atoms with E-state index in [4.69, 9.17) is 14.9 Å². The number of ether oxygens (including phenoxy) is 1. The number of halogens is 1. The lowest BCUT2D eigenvalue weighted by atomic mass is 9.79. The van der Waals surface area contributed by atoms with Crippen LogP contribution in [-0.4, -0.2) is 29.9 Å². The molecule has 0 bridgehead atoms. The minimum Gasteiger partial charge on any atom is -0.489 e. The molecule has 3 aromatic rings. The maximum Gasteiger partial charge on any atom is 0.290 e.